The van der Waals surface area contributed by atoms with E-state index in [4.69, 9.17) is 4.74 Å². The van der Waals surface area contributed by atoms with Gasteiger partial charge in [0, 0.05) is 6.42 Å². The summed E-state index contributed by atoms with van der Waals surface area (Å²) < 4.78 is 9.33. The van der Waals surface area contributed by atoms with Crippen molar-refractivity contribution >= 4 is 14.2 Å². The summed E-state index contributed by atoms with van der Waals surface area (Å²) in [6.07, 6.45) is 4.63. The molecule has 0 saturated heterocycles. The standard InChI is InChI=1S/C14H22O3Si/c1-5-16-14(15)17-12-10-8-6-7-9-11-13-18(2,3)4/h6,10H,5,7,9,12H2,1-4H3. The molecule has 0 aromatic rings. The van der Waals surface area contributed by atoms with E-state index in [1.54, 1.807) is 13.0 Å². The molecule has 0 radical (unpaired) electrons. The molecule has 0 aromatic carbocycles. The fourth-order valence-corrected chi connectivity index (χ4v) is 1.61. The summed E-state index contributed by atoms with van der Waals surface area (Å²) in [6.45, 7) is 8.93. The van der Waals surface area contributed by atoms with Gasteiger partial charge in [0.1, 0.15) is 14.7 Å². The summed E-state index contributed by atoms with van der Waals surface area (Å²) in [4.78, 5) is 10.8. The van der Waals surface area contributed by atoms with Crippen LogP contribution in [-0.2, 0) is 9.47 Å². The molecule has 0 aromatic heterocycles. The van der Waals surface area contributed by atoms with Crippen LogP contribution in [0.2, 0.25) is 19.6 Å². The van der Waals surface area contributed by atoms with Gasteiger partial charge < -0.3 is 9.47 Å². The Kier molecular flexibility index (Phi) is 8.82. The zero-order valence-corrected chi connectivity index (χ0v) is 12.7. The molecule has 0 bridgehead atoms. The van der Waals surface area contributed by atoms with E-state index in [1.165, 1.54) is 0 Å². The van der Waals surface area contributed by atoms with E-state index in [1.807, 2.05) is 6.08 Å². The molecule has 100 valence electrons. The summed E-state index contributed by atoms with van der Waals surface area (Å²) in [5.74, 6) is 3.17. The van der Waals surface area contributed by atoms with Crippen molar-refractivity contribution in [2.75, 3.05) is 13.2 Å². The summed E-state index contributed by atoms with van der Waals surface area (Å²) in [7, 11) is -1.23. The van der Waals surface area contributed by atoms with Crippen LogP contribution >= 0.6 is 0 Å². The summed E-state index contributed by atoms with van der Waals surface area (Å²) in [6, 6.07) is 0. The molecule has 0 heterocycles. The van der Waals surface area contributed by atoms with Crippen molar-refractivity contribution < 1.29 is 14.3 Å². The molecule has 4 heteroatoms. The van der Waals surface area contributed by atoms with Crippen LogP contribution in [0.5, 0.6) is 0 Å². The van der Waals surface area contributed by atoms with Gasteiger partial charge in [-0.3, -0.25) is 0 Å². The SMILES string of the molecule is CCOC(=O)OCC=C=CCCC#C[Si](C)(C)C. The van der Waals surface area contributed by atoms with E-state index >= 15 is 0 Å². The Bertz CT molecular complexity index is 363. The second-order valence-electron chi connectivity index (χ2n) is 4.66. The number of unbranched alkanes of at least 4 members (excludes halogenated alkanes) is 1. The largest absolute Gasteiger partial charge is 0.508 e. The second kappa shape index (κ2) is 9.58. The lowest BCUT2D eigenvalue weighted by Crippen LogP contribution is -2.16. The third-order valence-corrected chi connectivity index (χ3v) is 2.59. The Morgan fingerprint density at radius 1 is 1.22 bits per heavy atom. The van der Waals surface area contributed by atoms with Gasteiger partial charge in [0.25, 0.3) is 0 Å². The Balaban J connectivity index is 3.70. The molecular formula is C14H22O3Si. The minimum Gasteiger partial charge on any atom is -0.435 e. The topological polar surface area (TPSA) is 35.5 Å². The molecule has 0 amide bonds. The molecule has 0 unspecified atom stereocenters. The van der Waals surface area contributed by atoms with Crippen molar-refractivity contribution in [1.82, 2.24) is 0 Å². The third-order valence-electron chi connectivity index (χ3n) is 1.66. The Morgan fingerprint density at radius 2 is 1.94 bits per heavy atom. The fourth-order valence-electron chi connectivity index (χ4n) is 0.956. The lowest BCUT2D eigenvalue weighted by atomic mass is 10.3. The summed E-state index contributed by atoms with van der Waals surface area (Å²) in [5, 5.41) is 0. The highest BCUT2D eigenvalue weighted by Crippen LogP contribution is 1.97. The first-order valence-corrected chi connectivity index (χ1v) is 9.64. The molecule has 0 aliphatic rings. The highest BCUT2D eigenvalue weighted by molar-refractivity contribution is 6.83. The molecule has 0 atom stereocenters. The van der Waals surface area contributed by atoms with E-state index in [2.05, 4.69) is 41.6 Å². The molecule has 18 heavy (non-hydrogen) atoms. The van der Waals surface area contributed by atoms with E-state index < -0.39 is 14.2 Å². The van der Waals surface area contributed by atoms with Gasteiger partial charge in [-0.1, -0.05) is 19.6 Å². The van der Waals surface area contributed by atoms with Crippen LogP contribution in [0.4, 0.5) is 4.79 Å². The Labute approximate surface area is 111 Å². The maximum absolute atomic E-state index is 10.8. The van der Waals surface area contributed by atoms with Crippen molar-refractivity contribution in [1.29, 1.82) is 0 Å². The minimum absolute atomic E-state index is 0.190. The average molecular weight is 266 g/mol. The first kappa shape index (κ1) is 16.6. The molecule has 0 N–H and O–H groups in total. The van der Waals surface area contributed by atoms with Crippen molar-refractivity contribution in [3.05, 3.63) is 17.9 Å². The normalized spacial score (nSPS) is 9.56. The predicted molar refractivity (Wildman–Crippen MR) is 76.0 cm³/mol. The van der Waals surface area contributed by atoms with Gasteiger partial charge in [-0.05, 0) is 25.5 Å². The van der Waals surface area contributed by atoms with Gasteiger partial charge in [0.2, 0.25) is 0 Å². The van der Waals surface area contributed by atoms with Crippen LogP contribution in [0.15, 0.2) is 17.9 Å². The average Bonchev–Trinajstić information content (AvgIpc) is 2.25. The monoisotopic (exact) mass is 266 g/mol. The number of ether oxygens (including phenoxy) is 2. The second-order valence-corrected chi connectivity index (χ2v) is 9.41. The van der Waals surface area contributed by atoms with Gasteiger partial charge in [0.15, 0.2) is 0 Å². The minimum atomic E-state index is -1.23. The van der Waals surface area contributed by atoms with Crippen molar-refractivity contribution in [3.8, 4) is 11.5 Å². The molecule has 0 saturated carbocycles. The highest BCUT2D eigenvalue weighted by Gasteiger charge is 2.06. The number of hydrogen-bond donors (Lipinski definition) is 0. The van der Waals surface area contributed by atoms with Crippen molar-refractivity contribution in [2.24, 2.45) is 0 Å². The van der Waals surface area contributed by atoms with E-state index in [9.17, 15) is 4.79 Å². The van der Waals surface area contributed by atoms with Gasteiger partial charge in [0.05, 0.1) is 6.61 Å². The van der Waals surface area contributed by atoms with Crippen LogP contribution < -0.4 is 0 Å². The fraction of sp³-hybridized carbons (Fsp3) is 0.571. The Morgan fingerprint density at radius 3 is 2.56 bits per heavy atom. The third kappa shape index (κ3) is 12.6. The zero-order valence-electron chi connectivity index (χ0n) is 11.7. The lowest BCUT2D eigenvalue weighted by Gasteiger charge is -2.02. The van der Waals surface area contributed by atoms with E-state index in [0.29, 0.717) is 6.61 Å². The van der Waals surface area contributed by atoms with Gasteiger partial charge in [-0.2, -0.15) is 0 Å². The number of carbonyl (C=O) groups excluding carboxylic acids is 1. The van der Waals surface area contributed by atoms with E-state index in [0.717, 1.165) is 12.8 Å². The van der Waals surface area contributed by atoms with Gasteiger partial charge in [-0.25, -0.2) is 4.79 Å². The van der Waals surface area contributed by atoms with Crippen LogP contribution in [0.1, 0.15) is 19.8 Å². The number of hydrogen-bond acceptors (Lipinski definition) is 3. The molecule has 0 rings (SSSR count). The first-order chi connectivity index (χ1) is 8.45. The summed E-state index contributed by atoms with van der Waals surface area (Å²) in [5.41, 5.74) is 6.24. The van der Waals surface area contributed by atoms with Crippen LogP contribution in [-0.4, -0.2) is 27.4 Å². The van der Waals surface area contributed by atoms with Crippen LogP contribution in [0, 0.1) is 11.5 Å². The quantitative estimate of drug-likeness (QED) is 0.251. The molecular weight excluding hydrogens is 244 g/mol. The first-order valence-electron chi connectivity index (χ1n) is 6.14. The zero-order chi connectivity index (χ0) is 13.9. The maximum Gasteiger partial charge on any atom is 0.508 e. The summed E-state index contributed by atoms with van der Waals surface area (Å²) >= 11 is 0. The van der Waals surface area contributed by atoms with Crippen LogP contribution in [0.3, 0.4) is 0 Å². The highest BCUT2D eigenvalue weighted by atomic mass is 28.3. The van der Waals surface area contributed by atoms with E-state index in [-0.39, 0.29) is 6.61 Å². The lowest BCUT2D eigenvalue weighted by molar-refractivity contribution is 0.0673. The predicted octanol–water partition coefficient (Wildman–Crippen LogP) is 3.53. The molecule has 3 nitrogen and oxygen atoms in total. The molecule has 0 aliphatic heterocycles. The van der Waals surface area contributed by atoms with Crippen LogP contribution in [0.25, 0.3) is 0 Å². The smallest absolute Gasteiger partial charge is 0.435 e. The van der Waals surface area contributed by atoms with Crippen molar-refractivity contribution in [3.63, 3.8) is 0 Å². The molecule has 0 aliphatic carbocycles. The molecule has 0 spiro atoms. The maximum atomic E-state index is 10.8. The van der Waals surface area contributed by atoms with Crippen molar-refractivity contribution in [2.45, 2.75) is 39.4 Å². The van der Waals surface area contributed by atoms with Gasteiger partial charge >= 0.3 is 6.16 Å². The number of carbonyl (C=O) groups is 1. The number of rotatable bonds is 5. The molecule has 0 fully saturated rings. The Hall–Kier alpha value is -1.43. The van der Waals surface area contributed by atoms with Gasteiger partial charge in [-0.15, -0.1) is 17.2 Å².